The first-order valence-electron chi connectivity index (χ1n) is 10.1. The fourth-order valence-corrected chi connectivity index (χ4v) is 5.12. The number of rotatable bonds is 7. The predicted molar refractivity (Wildman–Crippen MR) is 111 cm³/mol. The molecule has 176 valence electrons. The molecule has 0 spiro atoms. The quantitative estimate of drug-likeness (QED) is 0.442. The van der Waals surface area contributed by atoms with Crippen molar-refractivity contribution >= 4 is 16.0 Å². The highest BCUT2D eigenvalue weighted by atomic mass is 32.2. The molecule has 2 aromatic rings. The Hall–Kier alpha value is -3.10. The van der Waals surface area contributed by atoms with Gasteiger partial charge < -0.3 is 9.47 Å². The van der Waals surface area contributed by atoms with Crippen molar-refractivity contribution in [3.63, 3.8) is 0 Å². The summed E-state index contributed by atoms with van der Waals surface area (Å²) in [4.78, 5) is 11.5. The predicted octanol–water partition coefficient (Wildman–Crippen LogP) is 3.60. The fraction of sp³-hybridized carbons (Fsp3) is 0.364. The van der Waals surface area contributed by atoms with E-state index in [1.807, 2.05) is 6.07 Å². The largest absolute Gasteiger partial charge is 0.490 e. The SMILES string of the molecule is N#Cc1ccc(OCCOC(=O)C2CCN(S(=O)(=O)c3ccccc3C(F)(F)F)CC2)cc1. The average molecular weight is 482 g/mol. The van der Waals surface area contributed by atoms with Gasteiger partial charge in [-0.3, -0.25) is 4.79 Å². The Morgan fingerprint density at radius 3 is 2.30 bits per heavy atom. The molecule has 2 aromatic carbocycles. The molecule has 1 aliphatic heterocycles. The molecule has 33 heavy (non-hydrogen) atoms. The van der Waals surface area contributed by atoms with Gasteiger partial charge in [0.1, 0.15) is 19.0 Å². The lowest BCUT2D eigenvalue weighted by atomic mass is 9.98. The van der Waals surface area contributed by atoms with Crippen LogP contribution in [0.4, 0.5) is 13.2 Å². The van der Waals surface area contributed by atoms with Crippen LogP contribution < -0.4 is 4.74 Å². The number of hydrogen-bond donors (Lipinski definition) is 0. The van der Waals surface area contributed by atoms with E-state index in [1.165, 1.54) is 6.07 Å². The molecule has 0 unspecified atom stereocenters. The molecule has 1 fully saturated rings. The van der Waals surface area contributed by atoms with E-state index < -0.39 is 38.5 Å². The summed E-state index contributed by atoms with van der Waals surface area (Å²) in [6.45, 7) is -0.0958. The smallest absolute Gasteiger partial charge is 0.417 e. The molecule has 7 nitrogen and oxygen atoms in total. The number of benzene rings is 2. The maximum absolute atomic E-state index is 13.2. The third kappa shape index (κ3) is 6.03. The number of nitriles is 1. The normalized spacial score (nSPS) is 15.6. The van der Waals surface area contributed by atoms with Crippen LogP contribution in [0.1, 0.15) is 24.0 Å². The Morgan fingerprint density at radius 1 is 1.06 bits per heavy atom. The van der Waals surface area contributed by atoms with Crippen molar-refractivity contribution in [2.75, 3.05) is 26.3 Å². The highest BCUT2D eigenvalue weighted by Gasteiger charge is 2.40. The van der Waals surface area contributed by atoms with E-state index in [0.29, 0.717) is 11.3 Å². The molecule has 0 bridgehead atoms. The number of carbonyl (C=O) groups is 1. The molecular formula is C22H21F3N2O5S. The van der Waals surface area contributed by atoms with Gasteiger partial charge in [0.05, 0.1) is 28.0 Å². The van der Waals surface area contributed by atoms with Gasteiger partial charge in [0.2, 0.25) is 10.0 Å². The lowest BCUT2D eigenvalue weighted by molar-refractivity contribution is -0.150. The number of nitrogens with zero attached hydrogens (tertiary/aromatic N) is 2. The van der Waals surface area contributed by atoms with E-state index in [-0.39, 0.29) is 39.1 Å². The number of halogens is 3. The molecule has 0 aliphatic carbocycles. The van der Waals surface area contributed by atoms with Crippen molar-refractivity contribution in [3.8, 4) is 11.8 Å². The molecule has 0 aromatic heterocycles. The van der Waals surface area contributed by atoms with Crippen molar-refractivity contribution in [2.45, 2.75) is 23.9 Å². The summed E-state index contributed by atoms with van der Waals surface area (Å²) in [7, 11) is -4.36. The number of esters is 1. The first kappa shape index (κ1) is 24.5. The Labute approximate surface area is 189 Å². The van der Waals surface area contributed by atoms with E-state index in [4.69, 9.17) is 14.7 Å². The molecule has 11 heteroatoms. The van der Waals surface area contributed by atoms with E-state index in [1.54, 1.807) is 24.3 Å². The topological polar surface area (TPSA) is 96.7 Å². The summed E-state index contributed by atoms with van der Waals surface area (Å²) in [6.07, 6.45) is -4.52. The van der Waals surface area contributed by atoms with Crippen LogP contribution >= 0.6 is 0 Å². The highest BCUT2D eigenvalue weighted by Crippen LogP contribution is 2.36. The van der Waals surface area contributed by atoms with Crippen LogP contribution in [0.5, 0.6) is 5.75 Å². The van der Waals surface area contributed by atoms with Crippen LogP contribution in [0.15, 0.2) is 53.4 Å². The van der Waals surface area contributed by atoms with Gasteiger partial charge in [0.15, 0.2) is 0 Å². The van der Waals surface area contributed by atoms with Crippen molar-refractivity contribution in [1.29, 1.82) is 5.26 Å². The Kier molecular flexibility index (Phi) is 7.61. The molecule has 1 aliphatic rings. The number of hydrogen-bond acceptors (Lipinski definition) is 6. The summed E-state index contributed by atoms with van der Waals surface area (Å²) < 4.78 is 76.9. The maximum Gasteiger partial charge on any atom is 0.417 e. The van der Waals surface area contributed by atoms with Gasteiger partial charge in [-0.2, -0.15) is 22.7 Å². The zero-order chi connectivity index (χ0) is 24.1. The Morgan fingerprint density at radius 2 is 1.70 bits per heavy atom. The van der Waals surface area contributed by atoms with Crippen LogP contribution in [-0.2, 0) is 25.7 Å². The molecular weight excluding hydrogens is 461 g/mol. The molecule has 0 radical (unpaired) electrons. The third-order valence-corrected chi connectivity index (χ3v) is 7.13. The number of piperidine rings is 1. The zero-order valence-corrected chi connectivity index (χ0v) is 18.2. The second-order valence-corrected chi connectivity index (χ2v) is 9.23. The van der Waals surface area contributed by atoms with Crippen molar-refractivity contribution in [3.05, 3.63) is 59.7 Å². The molecule has 1 heterocycles. The van der Waals surface area contributed by atoms with Crippen LogP contribution in [-0.4, -0.2) is 45.0 Å². The second kappa shape index (κ2) is 10.2. The minimum absolute atomic E-state index is 0.0176. The van der Waals surface area contributed by atoms with Gasteiger partial charge in [-0.1, -0.05) is 12.1 Å². The number of ether oxygens (including phenoxy) is 2. The summed E-state index contributed by atoms with van der Waals surface area (Å²) in [5.74, 6) is -0.543. The van der Waals surface area contributed by atoms with E-state index >= 15 is 0 Å². The minimum Gasteiger partial charge on any atom is -0.490 e. The first-order valence-corrected chi connectivity index (χ1v) is 11.5. The summed E-state index contributed by atoms with van der Waals surface area (Å²) >= 11 is 0. The maximum atomic E-state index is 13.2. The van der Waals surface area contributed by atoms with Gasteiger partial charge in [-0.25, -0.2) is 8.42 Å². The van der Waals surface area contributed by atoms with Crippen LogP contribution in [0, 0.1) is 17.2 Å². The van der Waals surface area contributed by atoms with Crippen LogP contribution in [0.2, 0.25) is 0 Å². The fourth-order valence-electron chi connectivity index (χ4n) is 3.44. The van der Waals surface area contributed by atoms with Crippen LogP contribution in [0.25, 0.3) is 0 Å². The van der Waals surface area contributed by atoms with Gasteiger partial charge >= 0.3 is 12.1 Å². The molecule has 3 rings (SSSR count). The lowest BCUT2D eigenvalue weighted by Crippen LogP contribution is -2.41. The van der Waals surface area contributed by atoms with E-state index in [9.17, 15) is 26.4 Å². The molecule has 0 atom stereocenters. The monoisotopic (exact) mass is 482 g/mol. The molecule has 0 amide bonds. The van der Waals surface area contributed by atoms with Gasteiger partial charge in [-0.15, -0.1) is 0 Å². The number of carbonyl (C=O) groups excluding carboxylic acids is 1. The number of alkyl halides is 3. The first-order chi connectivity index (χ1) is 15.6. The third-order valence-electron chi connectivity index (χ3n) is 5.18. The molecule has 0 N–H and O–H groups in total. The van der Waals surface area contributed by atoms with Crippen molar-refractivity contribution in [2.24, 2.45) is 5.92 Å². The van der Waals surface area contributed by atoms with Gasteiger partial charge in [0.25, 0.3) is 0 Å². The van der Waals surface area contributed by atoms with Crippen molar-refractivity contribution in [1.82, 2.24) is 4.31 Å². The van der Waals surface area contributed by atoms with Crippen LogP contribution in [0.3, 0.4) is 0 Å². The number of sulfonamides is 1. The van der Waals surface area contributed by atoms with Gasteiger partial charge in [0, 0.05) is 13.1 Å². The zero-order valence-electron chi connectivity index (χ0n) is 17.4. The van der Waals surface area contributed by atoms with Crippen molar-refractivity contribution < 1.29 is 35.9 Å². The van der Waals surface area contributed by atoms with Gasteiger partial charge in [-0.05, 0) is 49.2 Å². The standard InChI is InChI=1S/C22H21F3N2O5S/c23-22(24,25)19-3-1-2-4-20(19)33(29,30)27-11-9-17(10-12-27)21(28)32-14-13-31-18-7-5-16(15-26)6-8-18/h1-8,17H,9-14H2. The Bertz CT molecular complexity index is 1120. The lowest BCUT2D eigenvalue weighted by Gasteiger charge is -2.30. The Balaban J connectivity index is 1.50. The van der Waals surface area contributed by atoms with E-state index in [2.05, 4.69) is 0 Å². The highest BCUT2D eigenvalue weighted by molar-refractivity contribution is 7.89. The molecule has 0 saturated carbocycles. The summed E-state index contributed by atoms with van der Waals surface area (Å²) in [5.41, 5.74) is -0.724. The summed E-state index contributed by atoms with van der Waals surface area (Å²) in [6, 6.07) is 12.5. The summed E-state index contributed by atoms with van der Waals surface area (Å²) in [5, 5.41) is 8.76. The minimum atomic E-state index is -4.80. The molecule has 1 saturated heterocycles. The average Bonchev–Trinajstić information content (AvgIpc) is 2.81. The van der Waals surface area contributed by atoms with E-state index in [0.717, 1.165) is 22.5 Å². The second-order valence-electron chi connectivity index (χ2n) is 7.32.